The topological polar surface area (TPSA) is 90.2 Å². The van der Waals surface area contributed by atoms with Crippen molar-refractivity contribution in [1.29, 1.82) is 0 Å². The molecule has 0 fully saturated rings. The number of nitrogens with zero attached hydrogens (tertiary/aromatic N) is 1. The van der Waals surface area contributed by atoms with Crippen molar-refractivity contribution in [2.45, 2.75) is 19.3 Å². The molecule has 0 saturated heterocycles. The van der Waals surface area contributed by atoms with Gasteiger partial charge in [0.1, 0.15) is 11.3 Å². The Hall–Kier alpha value is -4.18. The molecule has 0 amide bonds. The quantitative estimate of drug-likeness (QED) is 0.288. The number of benzene rings is 3. The lowest BCUT2D eigenvalue weighted by Crippen LogP contribution is -2.27. The predicted octanol–water partition coefficient (Wildman–Crippen LogP) is 6.06. The number of phenolic OH excluding ortho intramolecular Hbond substituents is 1. The molecule has 38 heavy (non-hydrogen) atoms. The average Bonchev–Trinajstić information content (AvgIpc) is 3.23. The Balaban J connectivity index is 2.26. The van der Waals surface area contributed by atoms with Crippen LogP contribution < -0.4 is 9.47 Å². The number of rotatable bonds is 8. The van der Waals surface area contributed by atoms with Gasteiger partial charge in [0.15, 0.2) is 23.1 Å². The smallest absolute Gasteiger partial charge is 0.339 e. The first-order chi connectivity index (χ1) is 18.0. The third kappa shape index (κ3) is 4.30. The molecule has 0 unspecified atom stereocenters. The second-order valence-electron chi connectivity index (χ2n) is 9.33. The Labute approximate surface area is 216 Å². The van der Waals surface area contributed by atoms with Gasteiger partial charge in [0.25, 0.3) is 0 Å². The first kappa shape index (κ1) is 26.9. The van der Waals surface area contributed by atoms with E-state index in [0.717, 1.165) is 6.07 Å². The number of hydrogen-bond donors (Lipinski definition) is 2. The van der Waals surface area contributed by atoms with E-state index in [4.69, 9.17) is 14.2 Å². The second-order valence-corrected chi connectivity index (χ2v) is 9.33. The predicted molar refractivity (Wildman–Crippen MR) is 135 cm³/mol. The number of aromatic carboxylic acids is 1. The molecule has 0 bridgehead atoms. The van der Waals surface area contributed by atoms with Crippen LogP contribution in [-0.2, 0) is 10.2 Å². The highest BCUT2D eigenvalue weighted by molar-refractivity contribution is 6.03. The van der Waals surface area contributed by atoms with E-state index in [0.29, 0.717) is 22.5 Å². The molecule has 4 aromatic rings. The number of phenols is 1. The van der Waals surface area contributed by atoms with Crippen LogP contribution in [0.1, 0.15) is 29.9 Å². The van der Waals surface area contributed by atoms with Crippen molar-refractivity contribution in [1.82, 2.24) is 4.57 Å². The SMILES string of the molecule is COCC(C)(C)c1c(-c2ccc(F)c(OC)c2)c2cc(F)c(F)c(O)c2n1-c1ccc(C(=O)O)c(OC)c1. The molecular weight excluding hydrogens is 503 g/mol. The Morgan fingerprint density at radius 3 is 2.24 bits per heavy atom. The summed E-state index contributed by atoms with van der Waals surface area (Å²) in [6, 6.07) is 9.24. The summed E-state index contributed by atoms with van der Waals surface area (Å²) < 4.78 is 61.3. The number of carboxylic acid groups (broad SMARTS) is 1. The summed E-state index contributed by atoms with van der Waals surface area (Å²) in [5.41, 5.74) is 0.484. The zero-order chi connectivity index (χ0) is 27.9. The van der Waals surface area contributed by atoms with Crippen LogP contribution in [0.4, 0.5) is 13.2 Å². The molecular formula is C28H26F3NO6. The minimum absolute atomic E-state index is 0.0134. The third-order valence-electron chi connectivity index (χ3n) is 6.38. The maximum Gasteiger partial charge on any atom is 0.339 e. The van der Waals surface area contributed by atoms with Crippen molar-refractivity contribution in [2.75, 3.05) is 27.9 Å². The largest absolute Gasteiger partial charge is 0.503 e. The number of aromatic hydroxyl groups is 1. The van der Waals surface area contributed by atoms with Crippen LogP contribution in [0.2, 0.25) is 0 Å². The van der Waals surface area contributed by atoms with E-state index < -0.39 is 34.6 Å². The van der Waals surface area contributed by atoms with Crippen molar-refractivity contribution in [3.05, 3.63) is 71.2 Å². The summed E-state index contributed by atoms with van der Waals surface area (Å²) in [6.45, 7) is 3.81. The molecule has 0 spiro atoms. The third-order valence-corrected chi connectivity index (χ3v) is 6.38. The summed E-state index contributed by atoms with van der Waals surface area (Å²) in [5.74, 6) is -5.58. The number of carboxylic acids is 1. The number of ether oxygens (including phenoxy) is 3. The number of halogens is 3. The van der Waals surface area contributed by atoms with Crippen LogP contribution in [0, 0.1) is 17.5 Å². The van der Waals surface area contributed by atoms with Gasteiger partial charge in [-0.05, 0) is 35.9 Å². The fraction of sp³-hybridized carbons (Fsp3) is 0.250. The first-order valence-electron chi connectivity index (χ1n) is 11.5. The van der Waals surface area contributed by atoms with Gasteiger partial charge in [-0.3, -0.25) is 0 Å². The van der Waals surface area contributed by atoms with Crippen molar-refractivity contribution >= 4 is 16.9 Å². The Bertz CT molecular complexity index is 1560. The minimum Gasteiger partial charge on any atom is -0.503 e. The van der Waals surface area contributed by atoms with Gasteiger partial charge in [-0.2, -0.15) is 4.39 Å². The van der Waals surface area contributed by atoms with E-state index in [2.05, 4.69) is 0 Å². The second kappa shape index (κ2) is 9.94. The van der Waals surface area contributed by atoms with Crippen LogP contribution >= 0.6 is 0 Å². The summed E-state index contributed by atoms with van der Waals surface area (Å²) in [6.07, 6.45) is 0. The molecule has 4 rings (SSSR count). The molecule has 0 saturated carbocycles. The van der Waals surface area contributed by atoms with Crippen LogP contribution in [-0.4, -0.2) is 48.7 Å². The highest BCUT2D eigenvalue weighted by Crippen LogP contribution is 2.47. The molecule has 0 aliphatic rings. The van der Waals surface area contributed by atoms with Gasteiger partial charge in [-0.25, -0.2) is 13.6 Å². The first-order valence-corrected chi connectivity index (χ1v) is 11.5. The number of aromatic nitrogens is 1. The summed E-state index contributed by atoms with van der Waals surface area (Å²) in [7, 11) is 4.10. The van der Waals surface area contributed by atoms with E-state index >= 15 is 0 Å². The van der Waals surface area contributed by atoms with E-state index in [-0.39, 0.29) is 34.6 Å². The van der Waals surface area contributed by atoms with E-state index in [1.54, 1.807) is 0 Å². The normalized spacial score (nSPS) is 11.7. The van der Waals surface area contributed by atoms with Crippen molar-refractivity contribution < 1.29 is 42.4 Å². The number of fused-ring (bicyclic) bond motifs is 1. The van der Waals surface area contributed by atoms with Gasteiger partial charge in [-0.1, -0.05) is 19.9 Å². The van der Waals surface area contributed by atoms with Crippen LogP contribution in [0.25, 0.3) is 27.7 Å². The van der Waals surface area contributed by atoms with Gasteiger partial charge in [-0.15, -0.1) is 0 Å². The molecule has 1 aromatic heterocycles. The molecule has 0 aliphatic heterocycles. The lowest BCUT2D eigenvalue weighted by atomic mass is 9.84. The lowest BCUT2D eigenvalue weighted by molar-refractivity contribution is 0.0693. The van der Waals surface area contributed by atoms with Crippen LogP contribution in [0.5, 0.6) is 17.2 Å². The van der Waals surface area contributed by atoms with Gasteiger partial charge < -0.3 is 29.0 Å². The zero-order valence-corrected chi connectivity index (χ0v) is 21.4. The molecule has 10 heteroatoms. The Morgan fingerprint density at radius 1 is 0.947 bits per heavy atom. The van der Waals surface area contributed by atoms with Gasteiger partial charge in [0.2, 0.25) is 5.82 Å². The van der Waals surface area contributed by atoms with Crippen molar-refractivity contribution in [3.8, 4) is 34.1 Å². The van der Waals surface area contributed by atoms with Crippen molar-refractivity contribution in [2.24, 2.45) is 0 Å². The lowest BCUT2D eigenvalue weighted by Gasteiger charge is -2.28. The highest BCUT2D eigenvalue weighted by Gasteiger charge is 2.35. The maximum atomic E-state index is 14.8. The van der Waals surface area contributed by atoms with Gasteiger partial charge >= 0.3 is 5.97 Å². The summed E-state index contributed by atoms with van der Waals surface area (Å²) in [4.78, 5) is 11.7. The van der Waals surface area contributed by atoms with E-state index in [1.165, 1.54) is 62.3 Å². The van der Waals surface area contributed by atoms with Crippen LogP contribution in [0.15, 0.2) is 42.5 Å². The summed E-state index contributed by atoms with van der Waals surface area (Å²) in [5, 5.41) is 20.6. The molecule has 3 aromatic carbocycles. The molecule has 2 N–H and O–H groups in total. The maximum absolute atomic E-state index is 14.8. The van der Waals surface area contributed by atoms with Crippen LogP contribution in [0.3, 0.4) is 0 Å². The highest BCUT2D eigenvalue weighted by atomic mass is 19.2. The fourth-order valence-corrected chi connectivity index (χ4v) is 4.80. The van der Waals surface area contributed by atoms with Gasteiger partial charge in [0, 0.05) is 40.9 Å². The molecule has 0 radical (unpaired) electrons. The monoisotopic (exact) mass is 529 g/mol. The van der Waals surface area contributed by atoms with E-state index in [1.807, 2.05) is 13.8 Å². The minimum atomic E-state index is -1.45. The number of hydrogen-bond acceptors (Lipinski definition) is 5. The fourth-order valence-electron chi connectivity index (χ4n) is 4.80. The number of methoxy groups -OCH3 is 3. The Kier molecular flexibility index (Phi) is 7.03. The van der Waals surface area contributed by atoms with E-state index in [9.17, 15) is 28.2 Å². The molecule has 0 aliphatic carbocycles. The Morgan fingerprint density at radius 2 is 1.63 bits per heavy atom. The average molecular weight is 530 g/mol. The van der Waals surface area contributed by atoms with Gasteiger partial charge in [0.05, 0.1) is 26.3 Å². The standard InChI is InChI=1S/C28H26F3NO6/c1-28(2,13-36-3)26-22(14-6-9-18(29)21(10-14)38-5)17-12-19(30)23(31)25(33)24(17)32(26)15-7-8-16(27(34)35)20(11-15)37-4/h6-12,33H,13H2,1-5H3,(H,34,35). The summed E-state index contributed by atoms with van der Waals surface area (Å²) >= 11 is 0. The van der Waals surface area contributed by atoms with Crippen molar-refractivity contribution in [3.63, 3.8) is 0 Å². The molecule has 0 atom stereocenters. The zero-order valence-electron chi connectivity index (χ0n) is 21.4. The number of carbonyl (C=O) groups is 1. The molecule has 7 nitrogen and oxygen atoms in total. The molecule has 200 valence electrons. The molecule has 1 heterocycles.